The molecule has 0 N–H and O–H groups in total. The number of hydrogen-bond donors (Lipinski definition) is 0. The number of aryl methyl sites for hydroxylation is 1. The Morgan fingerprint density at radius 3 is 2.57 bits per heavy atom. The first kappa shape index (κ1) is 17.6. The second kappa shape index (κ2) is 7.68. The van der Waals surface area contributed by atoms with Crippen LogP contribution in [0, 0.1) is 12.8 Å². The summed E-state index contributed by atoms with van der Waals surface area (Å²) >= 11 is 0. The summed E-state index contributed by atoms with van der Waals surface area (Å²) in [6.07, 6.45) is 1.84. The Morgan fingerprint density at radius 1 is 1.30 bits per heavy atom. The maximum absolute atomic E-state index is 12.7. The fraction of sp³-hybridized carbons (Fsp3) is 0.611. The normalized spacial score (nSPS) is 20.9. The van der Waals surface area contributed by atoms with Gasteiger partial charge in [-0.2, -0.15) is 0 Å². The number of nitrogens with zero attached hydrogens (tertiary/aromatic N) is 1. The molecule has 0 bridgehead atoms. The van der Waals surface area contributed by atoms with Crippen LogP contribution in [0.4, 0.5) is 0 Å². The van der Waals surface area contributed by atoms with Crippen LogP contribution in [0.25, 0.3) is 0 Å². The Hall–Kier alpha value is -1.75. The maximum atomic E-state index is 12.7. The van der Waals surface area contributed by atoms with Gasteiger partial charge in [-0.25, -0.2) is 0 Å². The zero-order chi connectivity index (χ0) is 17.0. The van der Waals surface area contributed by atoms with E-state index in [0.717, 1.165) is 30.6 Å². The van der Waals surface area contributed by atoms with Crippen molar-refractivity contribution in [2.45, 2.75) is 39.3 Å². The monoisotopic (exact) mass is 321 g/mol. The van der Waals surface area contributed by atoms with E-state index in [9.17, 15) is 4.79 Å². The Kier molecular flexibility index (Phi) is 5.88. The molecule has 1 aliphatic heterocycles. The molecule has 5 nitrogen and oxygen atoms in total. The topological polar surface area (TPSA) is 48.0 Å². The highest BCUT2D eigenvalue weighted by Gasteiger charge is 2.30. The second-order valence-electron chi connectivity index (χ2n) is 6.15. The van der Waals surface area contributed by atoms with E-state index < -0.39 is 0 Å². The molecular formula is C18H27NO4. The summed E-state index contributed by atoms with van der Waals surface area (Å²) in [6.45, 7) is 5.30. The van der Waals surface area contributed by atoms with Crippen molar-refractivity contribution in [2.24, 2.45) is 5.92 Å². The van der Waals surface area contributed by atoms with Crippen LogP contribution in [-0.2, 0) is 16.1 Å². The first-order chi connectivity index (χ1) is 11.0. The van der Waals surface area contributed by atoms with Gasteiger partial charge in [-0.15, -0.1) is 0 Å². The number of rotatable bonds is 5. The number of carbonyl (C=O) groups excluding carboxylic acids is 1. The molecule has 1 aliphatic rings. The molecule has 5 heteroatoms. The number of benzene rings is 1. The molecule has 2 rings (SSSR count). The zero-order valence-electron chi connectivity index (χ0n) is 14.7. The summed E-state index contributed by atoms with van der Waals surface area (Å²) in [4.78, 5) is 14.5. The molecule has 1 aromatic carbocycles. The van der Waals surface area contributed by atoms with Gasteiger partial charge >= 0.3 is 0 Å². The third-order valence-corrected chi connectivity index (χ3v) is 4.55. The molecule has 0 radical (unpaired) electrons. The highest BCUT2D eigenvalue weighted by molar-refractivity contribution is 5.79. The van der Waals surface area contributed by atoms with E-state index >= 15 is 0 Å². The first-order valence-electron chi connectivity index (χ1n) is 8.06. The van der Waals surface area contributed by atoms with Gasteiger partial charge in [0.1, 0.15) is 0 Å². The number of ether oxygens (including phenoxy) is 3. The van der Waals surface area contributed by atoms with Gasteiger partial charge in [-0.1, -0.05) is 0 Å². The SMILES string of the molecule is COc1cc(C)c(CN(C)C(=O)[C@@H]2CCCO[C@H]2C)cc1OC. The van der Waals surface area contributed by atoms with Crippen molar-refractivity contribution in [3.63, 3.8) is 0 Å². The lowest BCUT2D eigenvalue weighted by Crippen LogP contribution is -2.41. The van der Waals surface area contributed by atoms with Crippen molar-refractivity contribution >= 4 is 5.91 Å². The number of hydrogen-bond acceptors (Lipinski definition) is 4. The third kappa shape index (κ3) is 3.96. The van der Waals surface area contributed by atoms with Crippen LogP contribution in [-0.4, -0.2) is 44.8 Å². The lowest BCUT2D eigenvalue weighted by Gasteiger charge is -2.31. The summed E-state index contributed by atoms with van der Waals surface area (Å²) in [7, 11) is 5.09. The summed E-state index contributed by atoms with van der Waals surface area (Å²) in [5.74, 6) is 1.49. The molecule has 1 saturated heterocycles. The summed E-state index contributed by atoms with van der Waals surface area (Å²) < 4.78 is 16.3. The molecule has 0 unspecified atom stereocenters. The van der Waals surface area contributed by atoms with Gasteiger partial charge in [-0.05, 0) is 49.9 Å². The van der Waals surface area contributed by atoms with E-state index in [-0.39, 0.29) is 17.9 Å². The molecule has 0 aromatic heterocycles. The summed E-state index contributed by atoms with van der Waals surface area (Å²) in [5.41, 5.74) is 2.14. The van der Waals surface area contributed by atoms with Crippen LogP contribution < -0.4 is 9.47 Å². The quantitative estimate of drug-likeness (QED) is 0.837. The molecular weight excluding hydrogens is 294 g/mol. The fourth-order valence-electron chi connectivity index (χ4n) is 3.06. The van der Waals surface area contributed by atoms with Crippen molar-refractivity contribution in [3.05, 3.63) is 23.3 Å². The van der Waals surface area contributed by atoms with Gasteiger partial charge < -0.3 is 19.1 Å². The van der Waals surface area contributed by atoms with Gasteiger partial charge in [-0.3, -0.25) is 4.79 Å². The molecule has 2 atom stereocenters. The molecule has 0 saturated carbocycles. The van der Waals surface area contributed by atoms with Crippen LogP contribution in [0.5, 0.6) is 11.5 Å². The predicted octanol–water partition coefficient (Wildman–Crippen LogP) is 2.79. The molecule has 1 heterocycles. The molecule has 1 amide bonds. The van der Waals surface area contributed by atoms with Crippen molar-refractivity contribution in [2.75, 3.05) is 27.9 Å². The molecule has 1 fully saturated rings. The van der Waals surface area contributed by atoms with Gasteiger partial charge in [0.15, 0.2) is 11.5 Å². The summed E-state index contributed by atoms with van der Waals surface area (Å²) in [5, 5.41) is 0. The summed E-state index contributed by atoms with van der Waals surface area (Å²) in [6, 6.07) is 3.89. The number of carbonyl (C=O) groups is 1. The highest BCUT2D eigenvalue weighted by Crippen LogP contribution is 2.31. The van der Waals surface area contributed by atoms with Crippen LogP contribution in [0.15, 0.2) is 12.1 Å². The van der Waals surface area contributed by atoms with Gasteiger partial charge in [0.2, 0.25) is 5.91 Å². The largest absolute Gasteiger partial charge is 0.493 e. The van der Waals surface area contributed by atoms with Crippen molar-refractivity contribution in [1.82, 2.24) is 4.90 Å². The Morgan fingerprint density at radius 2 is 1.96 bits per heavy atom. The van der Waals surface area contributed by atoms with Crippen molar-refractivity contribution in [1.29, 1.82) is 0 Å². The Labute approximate surface area is 138 Å². The second-order valence-corrected chi connectivity index (χ2v) is 6.15. The Bertz CT molecular complexity index is 558. The number of methoxy groups -OCH3 is 2. The maximum Gasteiger partial charge on any atom is 0.228 e. The van der Waals surface area contributed by atoms with Crippen molar-refractivity contribution < 1.29 is 19.0 Å². The molecule has 0 aliphatic carbocycles. The minimum Gasteiger partial charge on any atom is -0.493 e. The van der Waals surface area contributed by atoms with Gasteiger partial charge in [0.05, 0.1) is 26.2 Å². The molecule has 1 aromatic rings. The van der Waals surface area contributed by atoms with Gasteiger partial charge in [0.25, 0.3) is 0 Å². The average Bonchev–Trinajstić information content (AvgIpc) is 2.55. The number of amides is 1. The molecule has 23 heavy (non-hydrogen) atoms. The Balaban J connectivity index is 2.13. The predicted molar refractivity (Wildman–Crippen MR) is 88.9 cm³/mol. The lowest BCUT2D eigenvalue weighted by atomic mass is 9.93. The highest BCUT2D eigenvalue weighted by atomic mass is 16.5. The van der Waals surface area contributed by atoms with E-state index in [4.69, 9.17) is 14.2 Å². The fourth-order valence-corrected chi connectivity index (χ4v) is 3.06. The smallest absolute Gasteiger partial charge is 0.228 e. The van der Waals surface area contributed by atoms with Crippen LogP contribution in [0.1, 0.15) is 30.9 Å². The minimum absolute atomic E-state index is 0.00907. The van der Waals surface area contributed by atoms with Crippen molar-refractivity contribution in [3.8, 4) is 11.5 Å². The molecule has 128 valence electrons. The van der Waals surface area contributed by atoms with E-state index in [2.05, 4.69) is 0 Å². The lowest BCUT2D eigenvalue weighted by molar-refractivity contribution is -0.143. The van der Waals surface area contributed by atoms with Gasteiger partial charge in [0, 0.05) is 20.2 Å². The van der Waals surface area contributed by atoms with E-state index in [1.165, 1.54) is 0 Å². The van der Waals surface area contributed by atoms with E-state index in [1.807, 2.05) is 33.0 Å². The standard InChI is InChI=1S/C18H27NO4/c1-12-9-16(21-4)17(22-5)10-14(12)11-19(3)18(20)15-7-6-8-23-13(15)2/h9-10,13,15H,6-8,11H2,1-5H3/t13-,15+/m0/s1. The van der Waals surface area contributed by atoms with E-state index in [0.29, 0.717) is 18.0 Å². The van der Waals surface area contributed by atoms with E-state index in [1.54, 1.807) is 19.1 Å². The first-order valence-corrected chi connectivity index (χ1v) is 8.06. The average molecular weight is 321 g/mol. The van der Waals surface area contributed by atoms with Crippen LogP contribution >= 0.6 is 0 Å². The van der Waals surface area contributed by atoms with Crippen LogP contribution in [0.3, 0.4) is 0 Å². The van der Waals surface area contributed by atoms with Crippen LogP contribution in [0.2, 0.25) is 0 Å². The molecule has 0 spiro atoms. The zero-order valence-corrected chi connectivity index (χ0v) is 14.7. The third-order valence-electron chi connectivity index (χ3n) is 4.55. The minimum atomic E-state index is -0.0470.